The molecule has 1 aromatic rings. The number of carbonyl (C=O) groups is 1. The second kappa shape index (κ2) is 5.13. The average molecular weight is 205 g/mol. The molecule has 0 aliphatic heterocycles. The molecule has 1 atom stereocenters. The number of carbonyl (C=O) groups excluding carboxylic acids is 1. The van der Waals surface area contributed by atoms with Crippen LogP contribution in [0.15, 0.2) is 24.3 Å². The second-order valence-corrected chi connectivity index (χ2v) is 2.89. The predicted octanol–water partition coefficient (Wildman–Crippen LogP) is 1.15. The minimum Gasteiger partial charge on any atom is -0.464 e. The van der Waals surface area contributed by atoms with Crippen LogP contribution in [0.5, 0.6) is 0 Å². The Bertz CT molecular complexity index is 378. The first-order valence-corrected chi connectivity index (χ1v) is 4.53. The van der Waals surface area contributed by atoms with Crippen molar-refractivity contribution >= 4 is 5.97 Å². The van der Waals surface area contributed by atoms with Gasteiger partial charge >= 0.3 is 5.97 Å². The highest BCUT2D eigenvalue weighted by molar-refractivity contribution is 5.76. The number of rotatable bonds is 3. The van der Waals surface area contributed by atoms with Gasteiger partial charge in [-0.2, -0.15) is 5.26 Å². The molecule has 1 rings (SSSR count). The molecule has 1 aromatic carbocycles. The zero-order chi connectivity index (χ0) is 11.3. The highest BCUT2D eigenvalue weighted by atomic mass is 16.5. The molecule has 0 aliphatic carbocycles. The Hall–Kier alpha value is -1.86. The van der Waals surface area contributed by atoms with Gasteiger partial charge in [-0.3, -0.25) is 0 Å². The van der Waals surface area contributed by atoms with Gasteiger partial charge < -0.3 is 9.84 Å². The van der Waals surface area contributed by atoms with E-state index in [4.69, 9.17) is 5.26 Å². The molecule has 0 radical (unpaired) electrons. The van der Waals surface area contributed by atoms with Crippen molar-refractivity contribution in [3.63, 3.8) is 0 Å². The van der Waals surface area contributed by atoms with E-state index in [2.05, 4.69) is 4.74 Å². The van der Waals surface area contributed by atoms with Crippen molar-refractivity contribution in [3.05, 3.63) is 35.4 Å². The Kier molecular flexibility index (Phi) is 3.83. The van der Waals surface area contributed by atoms with Crippen LogP contribution in [0.3, 0.4) is 0 Å². The summed E-state index contributed by atoms with van der Waals surface area (Å²) < 4.78 is 4.66. The lowest BCUT2D eigenvalue weighted by molar-refractivity contribution is -0.153. The van der Waals surface area contributed by atoms with E-state index in [0.717, 1.165) is 0 Å². The molecule has 4 heteroatoms. The van der Waals surface area contributed by atoms with Gasteiger partial charge in [0.05, 0.1) is 18.2 Å². The molecule has 0 fully saturated rings. The standard InChI is InChI=1S/C11H11NO3/c1-2-15-11(14)10(13)9-5-3-8(7-12)4-6-9/h3-6,10,13H,2H2,1H3/t10-/m1/s1. The van der Waals surface area contributed by atoms with Crippen molar-refractivity contribution in [2.75, 3.05) is 6.61 Å². The molecular formula is C11H11NO3. The maximum atomic E-state index is 11.2. The van der Waals surface area contributed by atoms with Crippen LogP contribution in [-0.4, -0.2) is 17.7 Å². The highest BCUT2D eigenvalue weighted by Gasteiger charge is 2.17. The molecule has 0 aromatic heterocycles. The van der Waals surface area contributed by atoms with Crippen LogP contribution < -0.4 is 0 Å². The number of aliphatic hydroxyl groups is 1. The lowest BCUT2D eigenvalue weighted by Gasteiger charge is -2.09. The number of nitrogens with zero attached hydrogens (tertiary/aromatic N) is 1. The smallest absolute Gasteiger partial charge is 0.339 e. The number of benzene rings is 1. The molecule has 0 unspecified atom stereocenters. The molecule has 0 bridgehead atoms. The van der Waals surface area contributed by atoms with E-state index >= 15 is 0 Å². The lowest BCUT2D eigenvalue weighted by atomic mass is 10.1. The largest absolute Gasteiger partial charge is 0.464 e. The summed E-state index contributed by atoms with van der Waals surface area (Å²) in [6.45, 7) is 1.90. The first kappa shape index (κ1) is 11.2. The van der Waals surface area contributed by atoms with Crippen LogP contribution in [0.1, 0.15) is 24.2 Å². The Morgan fingerprint density at radius 3 is 2.60 bits per heavy atom. The van der Waals surface area contributed by atoms with Gasteiger partial charge in [0, 0.05) is 0 Å². The maximum Gasteiger partial charge on any atom is 0.339 e. The maximum absolute atomic E-state index is 11.2. The number of nitriles is 1. The van der Waals surface area contributed by atoms with E-state index in [-0.39, 0.29) is 6.61 Å². The van der Waals surface area contributed by atoms with Gasteiger partial charge in [0.1, 0.15) is 0 Å². The third-order valence-electron chi connectivity index (χ3n) is 1.87. The summed E-state index contributed by atoms with van der Waals surface area (Å²) >= 11 is 0. The summed E-state index contributed by atoms with van der Waals surface area (Å²) in [6, 6.07) is 8.08. The Balaban J connectivity index is 2.79. The molecule has 0 saturated carbocycles. The molecule has 15 heavy (non-hydrogen) atoms. The zero-order valence-electron chi connectivity index (χ0n) is 8.30. The van der Waals surface area contributed by atoms with Gasteiger partial charge in [0.15, 0.2) is 6.10 Å². The van der Waals surface area contributed by atoms with Gasteiger partial charge in [0.2, 0.25) is 0 Å². The number of hydrogen-bond acceptors (Lipinski definition) is 4. The van der Waals surface area contributed by atoms with E-state index in [1.54, 1.807) is 6.92 Å². The second-order valence-electron chi connectivity index (χ2n) is 2.89. The summed E-state index contributed by atoms with van der Waals surface area (Å²) in [5.41, 5.74) is 0.905. The molecule has 78 valence electrons. The van der Waals surface area contributed by atoms with Crippen molar-refractivity contribution in [3.8, 4) is 6.07 Å². The fourth-order valence-electron chi connectivity index (χ4n) is 1.10. The lowest BCUT2D eigenvalue weighted by Crippen LogP contribution is -2.15. The molecular weight excluding hydrogens is 194 g/mol. The summed E-state index contributed by atoms with van der Waals surface area (Å²) in [4.78, 5) is 11.2. The summed E-state index contributed by atoms with van der Waals surface area (Å²) in [5.74, 6) is -0.679. The molecule has 0 spiro atoms. The third-order valence-corrected chi connectivity index (χ3v) is 1.87. The first-order chi connectivity index (χ1) is 7.19. The number of aliphatic hydroxyl groups excluding tert-OH is 1. The van der Waals surface area contributed by atoms with Gasteiger partial charge in [-0.25, -0.2) is 4.79 Å². The minimum absolute atomic E-state index is 0.228. The van der Waals surface area contributed by atoms with Crippen LogP contribution in [0, 0.1) is 11.3 Å². The molecule has 1 N–H and O–H groups in total. The van der Waals surface area contributed by atoms with E-state index < -0.39 is 12.1 Å². The summed E-state index contributed by atoms with van der Waals surface area (Å²) in [5, 5.41) is 18.1. The fourth-order valence-corrected chi connectivity index (χ4v) is 1.10. The predicted molar refractivity (Wildman–Crippen MR) is 52.7 cm³/mol. The molecule has 0 saturated heterocycles. The van der Waals surface area contributed by atoms with E-state index in [9.17, 15) is 9.90 Å². The molecule has 4 nitrogen and oxygen atoms in total. The van der Waals surface area contributed by atoms with Gasteiger partial charge in [0.25, 0.3) is 0 Å². The third kappa shape index (κ3) is 2.79. The van der Waals surface area contributed by atoms with Gasteiger partial charge in [-0.15, -0.1) is 0 Å². The number of ether oxygens (including phenoxy) is 1. The summed E-state index contributed by atoms with van der Waals surface area (Å²) in [6.07, 6.45) is -1.28. The topological polar surface area (TPSA) is 70.3 Å². The Morgan fingerprint density at radius 1 is 1.53 bits per heavy atom. The van der Waals surface area contributed by atoms with Crippen molar-refractivity contribution < 1.29 is 14.6 Å². The Morgan fingerprint density at radius 2 is 2.13 bits per heavy atom. The van der Waals surface area contributed by atoms with Crippen molar-refractivity contribution in [2.45, 2.75) is 13.0 Å². The normalized spacial score (nSPS) is 11.5. The molecule has 0 aliphatic rings. The fraction of sp³-hybridized carbons (Fsp3) is 0.273. The molecule has 0 heterocycles. The quantitative estimate of drug-likeness (QED) is 0.751. The van der Waals surface area contributed by atoms with E-state index in [1.807, 2.05) is 6.07 Å². The van der Waals surface area contributed by atoms with Crippen molar-refractivity contribution in [1.29, 1.82) is 5.26 Å². The van der Waals surface area contributed by atoms with Crippen LogP contribution in [0.25, 0.3) is 0 Å². The van der Waals surface area contributed by atoms with Gasteiger partial charge in [-0.1, -0.05) is 12.1 Å². The Labute approximate surface area is 87.7 Å². The van der Waals surface area contributed by atoms with E-state index in [0.29, 0.717) is 11.1 Å². The zero-order valence-corrected chi connectivity index (χ0v) is 8.30. The van der Waals surface area contributed by atoms with Crippen molar-refractivity contribution in [2.24, 2.45) is 0 Å². The number of hydrogen-bond donors (Lipinski definition) is 1. The SMILES string of the molecule is CCOC(=O)[C@H](O)c1ccc(C#N)cc1. The number of esters is 1. The van der Waals surface area contributed by atoms with Gasteiger partial charge in [-0.05, 0) is 24.6 Å². The monoisotopic (exact) mass is 205 g/mol. The van der Waals surface area contributed by atoms with Crippen LogP contribution in [0.2, 0.25) is 0 Å². The first-order valence-electron chi connectivity index (χ1n) is 4.53. The van der Waals surface area contributed by atoms with Crippen LogP contribution in [0.4, 0.5) is 0 Å². The molecule has 0 amide bonds. The van der Waals surface area contributed by atoms with E-state index in [1.165, 1.54) is 24.3 Å². The van der Waals surface area contributed by atoms with Crippen LogP contribution in [-0.2, 0) is 9.53 Å². The average Bonchev–Trinajstić information content (AvgIpc) is 2.28. The van der Waals surface area contributed by atoms with Crippen LogP contribution >= 0.6 is 0 Å². The highest BCUT2D eigenvalue weighted by Crippen LogP contribution is 2.14. The summed E-state index contributed by atoms with van der Waals surface area (Å²) in [7, 11) is 0. The minimum atomic E-state index is -1.28. The van der Waals surface area contributed by atoms with Crippen molar-refractivity contribution in [1.82, 2.24) is 0 Å².